The Hall–Kier alpha value is 0.459. The van der Waals surface area contributed by atoms with E-state index in [9.17, 15) is 0 Å². The van der Waals surface area contributed by atoms with Gasteiger partial charge in [0.25, 0.3) is 0 Å². The molecule has 0 aliphatic rings. The van der Waals surface area contributed by atoms with Crippen LogP contribution in [0.1, 0.15) is 12.8 Å². The standard InChI is InChI=1S/C10H27BNSi2/c1-8-9-10-11-12(13(2,3)4)14(5,6)7/h11H,1,8-10H2,2-7H3. The molecule has 0 aliphatic carbocycles. The van der Waals surface area contributed by atoms with Crippen LogP contribution in [0.5, 0.6) is 0 Å². The Morgan fingerprint density at radius 1 is 1.00 bits per heavy atom. The van der Waals surface area contributed by atoms with Gasteiger partial charge in [0.1, 0.15) is 16.5 Å². The normalized spacial score (nSPS) is 13.4. The first-order valence-electron chi connectivity index (χ1n) is 5.76. The first-order chi connectivity index (χ1) is 6.19. The van der Waals surface area contributed by atoms with Gasteiger partial charge in [-0.25, -0.2) is 0 Å². The van der Waals surface area contributed by atoms with Gasteiger partial charge in [-0.1, -0.05) is 65.4 Å². The molecule has 0 aromatic rings. The quantitative estimate of drug-likeness (QED) is 0.498. The van der Waals surface area contributed by atoms with Crippen molar-refractivity contribution in [1.82, 2.24) is 4.14 Å². The van der Waals surface area contributed by atoms with Crippen LogP contribution < -0.4 is 0 Å². The van der Waals surface area contributed by atoms with E-state index in [4.69, 9.17) is 0 Å². The van der Waals surface area contributed by atoms with Crippen LogP contribution in [-0.4, -0.2) is 28.0 Å². The number of rotatable bonds is 6. The molecule has 14 heavy (non-hydrogen) atoms. The minimum atomic E-state index is -1.10. The summed E-state index contributed by atoms with van der Waals surface area (Å²) in [6.07, 6.45) is 3.70. The largest absolute Gasteiger partial charge is 0.391 e. The van der Waals surface area contributed by atoms with E-state index >= 15 is 0 Å². The Bertz CT molecular complexity index is 146. The third-order valence-electron chi connectivity index (χ3n) is 2.50. The summed E-state index contributed by atoms with van der Waals surface area (Å²) in [6, 6.07) is 0. The van der Waals surface area contributed by atoms with Gasteiger partial charge in [0, 0.05) is 0 Å². The van der Waals surface area contributed by atoms with Crippen molar-refractivity contribution in [3.05, 3.63) is 6.92 Å². The monoisotopic (exact) mass is 228 g/mol. The first kappa shape index (κ1) is 14.5. The highest BCUT2D eigenvalue weighted by atomic mass is 28.4. The molecule has 0 aromatic heterocycles. The fourth-order valence-electron chi connectivity index (χ4n) is 2.12. The molecule has 0 aromatic carbocycles. The fourth-order valence-corrected chi connectivity index (χ4v) is 11.8. The van der Waals surface area contributed by atoms with Crippen molar-refractivity contribution in [2.75, 3.05) is 0 Å². The van der Waals surface area contributed by atoms with Crippen molar-refractivity contribution in [1.29, 1.82) is 0 Å². The zero-order chi connectivity index (χ0) is 11.4. The Morgan fingerprint density at radius 3 is 1.71 bits per heavy atom. The fraction of sp³-hybridized carbons (Fsp3) is 0.900. The lowest BCUT2D eigenvalue weighted by molar-refractivity contribution is 0.884. The van der Waals surface area contributed by atoms with Crippen LogP contribution in [-0.2, 0) is 0 Å². The van der Waals surface area contributed by atoms with Gasteiger partial charge < -0.3 is 4.14 Å². The summed E-state index contributed by atoms with van der Waals surface area (Å²) < 4.78 is 2.86. The number of unbranched alkanes of at least 4 members (excludes halogenated alkanes) is 1. The van der Waals surface area contributed by atoms with Crippen LogP contribution in [0.3, 0.4) is 0 Å². The van der Waals surface area contributed by atoms with E-state index in [2.05, 4.69) is 50.3 Å². The van der Waals surface area contributed by atoms with Crippen LogP contribution in [0, 0.1) is 6.92 Å². The van der Waals surface area contributed by atoms with E-state index in [1.165, 1.54) is 20.2 Å². The molecular weight excluding hydrogens is 201 g/mol. The minimum Gasteiger partial charge on any atom is -0.391 e. The summed E-state index contributed by atoms with van der Waals surface area (Å²) in [7, 11) is -0.888. The molecule has 0 amide bonds. The molecule has 0 saturated carbocycles. The van der Waals surface area contributed by atoms with Crippen molar-refractivity contribution in [3.8, 4) is 0 Å². The van der Waals surface area contributed by atoms with Gasteiger partial charge in [0.2, 0.25) is 0 Å². The third kappa shape index (κ3) is 5.37. The summed E-state index contributed by atoms with van der Waals surface area (Å²) >= 11 is 0. The van der Waals surface area contributed by atoms with Gasteiger partial charge in [0.05, 0.1) is 0 Å². The molecule has 0 heterocycles. The molecule has 0 rings (SSSR count). The zero-order valence-corrected chi connectivity index (χ0v) is 13.0. The van der Waals surface area contributed by atoms with Gasteiger partial charge in [-0.3, -0.25) is 0 Å². The molecule has 0 bridgehead atoms. The summed E-state index contributed by atoms with van der Waals surface area (Å²) in [5.41, 5.74) is 0. The van der Waals surface area contributed by atoms with Gasteiger partial charge in [0.15, 0.2) is 7.41 Å². The Morgan fingerprint density at radius 2 is 1.43 bits per heavy atom. The second-order valence-electron chi connectivity index (χ2n) is 6.05. The smallest absolute Gasteiger partial charge is 0.190 e. The molecule has 0 N–H and O–H groups in total. The number of hydrogen-bond donors (Lipinski definition) is 0. The van der Waals surface area contributed by atoms with Gasteiger partial charge in [-0.2, -0.15) is 0 Å². The molecule has 0 aliphatic heterocycles. The van der Waals surface area contributed by atoms with Crippen LogP contribution in [0.25, 0.3) is 0 Å². The van der Waals surface area contributed by atoms with Crippen LogP contribution >= 0.6 is 0 Å². The second kappa shape index (κ2) is 5.52. The number of nitrogens with zero attached hydrogens (tertiary/aromatic N) is 1. The van der Waals surface area contributed by atoms with Gasteiger partial charge in [-0.05, 0) is 0 Å². The molecule has 0 fully saturated rings. The second-order valence-corrected chi connectivity index (χ2v) is 16.3. The summed E-state index contributed by atoms with van der Waals surface area (Å²) in [6.45, 7) is 18.7. The average Bonchev–Trinajstić information content (AvgIpc) is 1.92. The van der Waals surface area contributed by atoms with Crippen LogP contribution in [0.4, 0.5) is 0 Å². The van der Waals surface area contributed by atoms with E-state index < -0.39 is 16.5 Å². The summed E-state index contributed by atoms with van der Waals surface area (Å²) in [5.74, 6) is 0. The van der Waals surface area contributed by atoms with Crippen molar-refractivity contribution < 1.29 is 0 Å². The molecular formula is C10H27BNSi2. The summed E-state index contributed by atoms with van der Waals surface area (Å²) in [4.78, 5) is 0. The SMILES string of the molecule is [CH2]CCCBN([Si](C)(C)C)[Si](C)(C)C. The molecule has 1 radical (unpaired) electrons. The topological polar surface area (TPSA) is 3.24 Å². The van der Waals surface area contributed by atoms with Crippen molar-refractivity contribution in [2.45, 2.75) is 58.4 Å². The zero-order valence-electron chi connectivity index (χ0n) is 11.0. The maximum absolute atomic E-state index is 3.91. The van der Waals surface area contributed by atoms with E-state index in [-0.39, 0.29) is 0 Å². The predicted octanol–water partition coefficient (Wildman–Crippen LogP) is 3.34. The Balaban J connectivity index is 4.28. The Kier molecular flexibility index (Phi) is 5.70. The van der Waals surface area contributed by atoms with E-state index in [0.29, 0.717) is 0 Å². The minimum absolute atomic E-state index is 1.09. The van der Waals surface area contributed by atoms with E-state index in [1.807, 2.05) is 0 Å². The van der Waals surface area contributed by atoms with Crippen LogP contribution in [0.15, 0.2) is 0 Å². The van der Waals surface area contributed by atoms with Gasteiger partial charge >= 0.3 is 0 Å². The average molecular weight is 228 g/mol. The lowest BCUT2D eigenvalue weighted by atomic mass is 9.88. The Labute approximate surface area is 93.7 Å². The molecule has 83 valence electrons. The number of hydrogen-bond acceptors (Lipinski definition) is 1. The van der Waals surface area contributed by atoms with E-state index in [1.54, 1.807) is 0 Å². The van der Waals surface area contributed by atoms with Crippen molar-refractivity contribution in [3.63, 3.8) is 0 Å². The predicted molar refractivity (Wildman–Crippen MR) is 75.1 cm³/mol. The highest BCUT2D eigenvalue weighted by Gasteiger charge is 2.33. The lowest BCUT2D eigenvalue weighted by Gasteiger charge is -2.44. The van der Waals surface area contributed by atoms with Gasteiger partial charge in [-0.15, -0.1) is 0 Å². The third-order valence-corrected chi connectivity index (χ3v) is 10.2. The van der Waals surface area contributed by atoms with E-state index in [0.717, 1.165) is 6.42 Å². The maximum atomic E-state index is 3.91. The van der Waals surface area contributed by atoms with Crippen molar-refractivity contribution in [2.24, 2.45) is 0 Å². The first-order valence-corrected chi connectivity index (χ1v) is 12.7. The lowest BCUT2D eigenvalue weighted by Crippen LogP contribution is -2.60. The highest BCUT2D eigenvalue weighted by molar-refractivity contribution is 6.96. The summed E-state index contributed by atoms with van der Waals surface area (Å²) in [5, 5.41) is 0. The highest BCUT2D eigenvalue weighted by Crippen LogP contribution is 2.19. The molecule has 0 unspecified atom stereocenters. The molecule has 1 nitrogen and oxygen atoms in total. The molecule has 0 saturated heterocycles. The molecule has 0 spiro atoms. The molecule has 4 heteroatoms. The van der Waals surface area contributed by atoms with Crippen molar-refractivity contribution >= 4 is 23.9 Å². The molecule has 0 atom stereocenters. The maximum Gasteiger partial charge on any atom is 0.190 e. The van der Waals surface area contributed by atoms with Crippen LogP contribution in [0.2, 0.25) is 45.6 Å².